The zero-order chi connectivity index (χ0) is 15.0. The van der Waals surface area contributed by atoms with Gasteiger partial charge >= 0.3 is 0 Å². The lowest BCUT2D eigenvalue weighted by molar-refractivity contribution is 0.301. The zero-order valence-corrected chi connectivity index (χ0v) is 15.0. The maximum absolute atomic E-state index is 3.54. The first-order chi connectivity index (χ1) is 9.65. The summed E-state index contributed by atoms with van der Waals surface area (Å²) in [5.41, 5.74) is 4.11. The summed E-state index contributed by atoms with van der Waals surface area (Å²) in [4.78, 5) is 4.97. The van der Waals surface area contributed by atoms with Gasteiger partial charge in [-0.3, -0.25) is 0 Å². The molecule has 0 aliphatic carbocycles. The predicted molar refractivity (Wildman–Crippen MR) is 94.1 cm³/mol. The number of alkyl halides is 1. The summed E-state index contributed by atoms with van der Waals surface area (Å²) in [6.07, 6.45) is 1.23. The van der Waals surface area contributed by atoms with E-state index in [-0.39, 0.29) is 0 Å². The average molecular weight is 341 g/mol. The van der Waals surface area contributed by atoms with Gasteiger partial charge in [0.25, 0.3) is 0 Å². The molecule has 1 aromatic carbocycles. The van der Waals surface area contributed by atoms with Crippen LogP contribution in [0.15, 0.2) is 18.2 Å². The highest BCUT2D eigenvalue weighted by Crippen LogP contribution is 2.21. The van der Waals surface area contributed by atoms with E-state index in [0.717, 1.165) is 31.5 Å². The van der Waals surface area contributed by atoms with E-state index in [1.165, 1.54) is 29.8 Å². The summed E-state index contributed by atoms with van der Waals surface area (Å²) in [7, 11) is 0. The molecule has 0 saturated heterocycles. The van der Waals surface area contributed by atoms with Gasteiger partial charge in [0.1, 0.15) is 0 Å². The molecule has 1 rings (SSSR count). The van der Waals surface area contributed by atoms with Crippen molar-refractivity contribution in [2.45, 2.75) is 39.4 Å². The molecule has 114 valence electrons. The Kier molecular flexibility index (Phi) is 8.24. The number of benzene rings is 1. The lowest BCUT2D eigenvalue weighted by Crippen LogP contribution is -2.30. The Balaban J connectivity index is 2.59. The summed E-state index contributed by atoms with van der Waals surface area (Å²) in [6.45, 7) is 14.6. The Labute approximate surface area is 133 Å². The van der Waals surface area contributed by atoms with E-state index in [2.05, 4.69) is 71.6 Å². The third kappa shape index (κ3) is 5.10. The van der Waals surface area contributed by atoms with Gasteiger partial charge in [-0.25, -0.2) is 0 Å². The van der Waals surface area contributed by atoms with Crippen molar-refractivity contribution in [2.75, 3.05) is 37.6 Å². The Morgan fingerprint density at radius 2 is 1.70 bits per heavy atom. The van der Waals surface area contributed by atoms with Crippen molar-refractivity contribution in [3.8, 4) is 0 Å². The smallest absolute Gasteiger partial charge is 0.0368 e. The maximum atomic E-state index is 3.54. The number of nitrogens with zero attached hydrogens (tertiary/aromatic N) is 2. The first-order valence-electron chi connectivity index (χ1n) is 7.78. The molecular weight excluding hydrogens is 312 g/mol. The van der Waals surface area contributed by atoms with Gasteiger partial charge < -0.3 is 9.80 Å². The fourth-order valence-corrected chi connectivity index (χ4v) is 3.15. The Morgan fingerprint density at radius 1 is 1.00 bits per heavy atom. The number of halogens is 1. The number of hydrogen-bond donors (Lipinski definition) is 0. The van der Waals surface area contributed by atoms with Crippen molar-refractivity contribution in [3.05, 3.63) is 29.3 Å². The molecule has 20 heavy (non-hydrogen) atoms. The number of aryl methyl sites for hydroxylation is 1. The maximum Gasteiger partial charge on any atom is 0.0368 e. The van der Waals surface area contributed by atoms with Gasteiger partial charge in [0.15, 0.2) is 0 Å². The quantitative estimate of drug-likeness (QED) is 0.613. The molecule has 3 heteroatoms. The van der Waals surface area contributed by atoms with Crippen LogP contribution in [0.2, 0.25) is 0 Å². The molecular formula is C17H29BrN2. The van der Waals surface area contributed by atoms with Crippen LogP contribution in [0, 0.1) is 6.92 Å². The van der Waals surface area contributed by atoms with Gasteiger partial charge in [-0.15, -0.1) is 0 Å². The fraction of sp³-hybridized carbons (Fsp3) is 0.647. The van der Waals surface area contributed by atoms with Crippen LogP contribution in [0.5, 0.6) is 0 Å². The van der Waals surface area contributed by atoms with Crippen LogP contribution in [-0.2, 0) is 5.33 Å². The molecule has 0 saturated carbocycles. The molecule has 0 fully saturated rings. The highest BCUT2D eigenvalue weighted by atomic mass is 79.9. The Morgan fingerprint density at radius 3 is 2.20 bits per heavy atom. The van der Waals surface area contributed by atoms with Gasteiger partial charge in [-0.1, -0.05) is 35.8 Å². The fourth-order valence-electron chi connectivity index (χ4n) is 2.52. The minimum atomic E-state index is 0.938. The summed E-state index contributed by atoms with van der Waals surface area (Å²) in [5.74, 6) is 0. The standard InChI is InChI=1S/C17H29BrN2/c1-5-19(6-2)11-8-12-20(7-3)17-10-9-16(14-18)15(4)13-17/h9-10,13H,5-8,11-12,14H2,1-4H3. The highest BCUT2D eigenvalue weighted by molar-refractivity contribution is 9.08. The third-order valence-corrected chi connectivity index (χ3v) is 4.62. The molecule has 0 N–H and O–H groups in total. The SMILES string of the molecule is CCN(CC)CCCN(CC)c1ccc(CBr)c(C)c1. The van der Waals surface area contributed by atoms with E-state index in [9.17, 15) is 0 Å². The van der Waals surface area contributed by atoms with Gasteiger partial charge in [-0.05, 0) is 63.2 Å². The topological polar surface area (TPSA) is 6.48 Å². The van der Waals surface area contributed by atoms with Crippen LogP contribution in [0.25, 0.3) is 0 Å². The van der Waals surface area contributed by atoms with Crippen LogP contribution in [0.4, 0.5) is 5.69 Å². The van der Waals surface area contributed by atoms with Crippen LogP contribution >= 0.6 is 15.9 Å². The number of hydrogen-bond acceptors (Lipinski definition) is 2. The highest BCUT2D eigenvalue weighted by Gasteiger charge is 2.07. The average Bonchev–Trinajstić information content (AvgIpc) is 2.47. The summed E-state index contributed by atoms with van der Waals surface area (Å²) in [6, 6.07) is 6.81. The van der Waals surface area contributed by atoms with E-state index >= 15 is 0 Å². The van der Waals surface area contributed by atoms with Crippen molar-refractivity contribution in [1.82, 2.24) is 4.90 Å². The lowest BCUT2D eigenvalue weighted by Gasteiger charge is -2.26. The van der Waals surface area contributed by atoms with Crippen LogP contribution in [0.1, 0.15) is 38.3 Å². The third-order valence-electron chi connectivity index (χ3n) is 4.01. The molecule has 2 nitrogen and oxygen atoms in total. The van der Waals surface area contributed by atoms with Crippen molar-refractivity contribution in [1.29, 1.82) is 0 Å². The van der Waals surface area contributed by atoms with Crippen molar-refractivity contribution < 1.29 is 0 Å². The molecule has 0 aromatic heterocycles. The van der Waals surface area contributed by atoms with E-state index in [4.69, 9.17) is 0 Å². The Bertz CT molecular complexity index is 389. The van der Waals surface area contributed by atoms with Gasteiger partial charge in [0, 0.05) is 24.1 Å². The van der Waals surface area contributed by atoms with E-state index in [1.807, 2.05) is 0 Å². The summed E-state index contributed by atoms with van der Waals surface area (Å²) in [5, 5.41) is 0.938. The second-order valence-electron chi connectivity index (χ2n) is 5.20. The van der Waals surface area contributed by atoms with Gasteiger partial charge in [-0.2, -0.15) is 0 Å². The second kappa shape index (κ2) is 9.41. The molecule has 0 heterocycles. The molecule has 1 aromatic rings. The first-order valence-corrected chi connectivity index (χ1v) is 8.91. The normalized spacial score (nSPS) is 11.1. The monoisotopic (exact) mass is 340 g/mol. The Hall–Kier alpha value is -0.540. The van der Waals surface area contributed by atoms with Gasteiger partial charge in [0.05, 0.1) is 0 Å². The molecule has 0 amide bonds. The largest absolute Gasteiger partial charge is 0.372 e. The molecule has 0 spiro atoms. The molecule has 0 bridgehead atoms. The number of anilines is 1. The van der Waals surface area contributed by atoms with Gasteiger partial charge in [0.2, 0.25) is 0 Å². The minimum Gasteiger partial charge on any atom is -0.372 e. The zero-order valence-electron chi connectivity index (χ0n) is 13.5. The molecule has 0 aliphatic rings. The van der Waals surface area contributed by atoms with Crippen LogP contribution in [0.3, 0.4) is 0 Å². The molecule has 0 radical (unpaired) electrons. The lowest BCUT2D eigenvalue weighted by atomic mass is 10.1. The summed E-state index contributed by atoms with van der Waals surface area (Å²) >= 11 is 3.54. The van der Waals surface area contributed by atoms with Crippen LogP contribution in [-0.4, -0.2) is 37.6 Å². The summed E-state index contributed by atoms with van der Waals surface area (Å²) < 4.78 is 0. The first kappa shape index (κ1) is 17.5. The molecule has 0 aliphatic heterocycles. The van der Waals surface area contributed by atoms with Crippen molar-refractivity contribution >= 4 is 21.6 Å². The predicted octanol–water partition coefficient (Wildman–Crippen LogP) is 4.45. The van der Waals surface area contributed by atoms with Crippen LogP contribution < -0.4 is 4.90 Å². The molecule has 0 atom stereocenters. The van der Waals surface area contributed by atoms with Crippen molar-refractivity contribution in [3.63, 3.8) is 0 Å². The van der Waals surface area contributed by atoms with E-state index in [1.54, 1.807) is 0 Å². The van der Waals surface area contributed by atoms with Crippen molar-refractivity contribution in [2.24, 2.45) is 0 Å². The minimum absolute atomic E-state index is 0.938. The second-order valence-corrected chi connectivity index (χ2v) is 5.77. The number of rotatable bonds is 9. The molecule has 0 unspecified atom stereocenters. The van der Waals surface area contributed by atoms with E-state index < -0.39 is 0 Å². The van der Waals surface area contributed by atoms with E-state index in [0.29, 0.717) is 0 Å².